The van der Waals surface area contributed by atoms with Crippen LogP contribution in [0.3, 0.4) is 0 Å². The first-order valence-corrected chi connectivity index (χ1v) is 7.96. The van der Waals surface area contributed by atoms with Crippen molar-refractivity contribution in [2.24, 2.45) is 5.92 Å². The van der Waals surface area contributed by atoms with Crippen LogP contribution >= 0.6 is 0 Å². The van der Waals surface area contributed by atoms with Gasteiger partial charge in [0.15, 0.2) is 0 Å². The van der Waals surface area contributed by atoms with Crippen molar-refractivity contribution < 1.29 is 9.59 Å². The molecule has 1 aliphatic carbocycles. The fraction of sp³-hybridized carbons (Fsp3) is 0.556. The Balaban J connectivity index is 2.10. The maximum Gasteiger partial charge on any atom is 0.223 e. The minimum absolute atomic E-state index is 0.00243. The van der Waals surface area contributed by atoms with Gasteiger partial charge in [0.05, 0.1) is 0 Å². The smallest absolute Gasteiger partial charge is 0.223 e. The predicted molar refractivity (Wildman–Crippen MR) is 88.9 cm³/mol. The van der Waals surface area contributed by atoms with Gasteiger partial charge in [-0.2, -0.15) is 0 Å². The largest absolute Gasteiger partial charge is 0.354 e. The molecule has 2 rings (SSSR count). The van der Waals surface area contributed by atoms with E-state index in [2.05, 4.69) is 32.2 Å². The third-order valence-corrected chi connectivity index (χ3v) is 3.97. The number of rotatable bonds is 5. The highest BCUT2D eigenvalue weighted by Crippen LogP contribution is 2.32. The minimum atomic E-state index is -0.0401. The lowest BCUT2D eigenvalue weighted by Gasteiger charge is -2.29. The number of hydrogen-bond donors (Lipinski definition) is 1. The lowest BCUT2D eigenvalue weighted by Crippen LogP contribution is -2.39. The summed E-state index contributed by atoms with van der Waals surface area (Å²) in [6, 6.07) is 7.99. The van der Waals surface area contributed by atoms with Crippen molar-refractivity contribution >= 4 is 17.5 Å². The molecule has 0 saturated heterocycles. The van der Waals surface area contributed by atoms with Gasteiger partial charge in [-0.25, -0.2) is 0 Å². The maximum absolute atomic E-state index is 12.1. The number of amides is 2. The molecule has 0 aliphatic heterocycles. The molecule has 0 radical (unpaired) electrons. The quantitative estimate of drug-likeness (QED) is 0.909. The van der Waals surface area contributed by atoms with E-state index < -0.39 is 0 Å². The molecule has 0 bridgehead atoms. The van der Waals surface area contributed by atoms with Gasteiger partial charge in [0.2, 0.25) is 11.8 Å². The molecule has 1 fully saturated rings. The Morgan fingerprint density at radius 2 is 1.86 bits per heavy atom. The molecular formula is C18H26N2O2. The van der Waals surface area contributed by atoms with Crippen molar-refractivity contribution in [3.63, 3.8) is 0 Å². The molecule has 1 saturated carbocycles. The summed E-state index contributed by atoms with van der Waals surface area (Å²) in [5.41, 5.74) is 2.03. The number of para-hydroxylation sites is 1. The van der Waals surface area contributed by atoms with Gasteiger partial charge in [-0.3, -0.25) is 9.59 Å². The molecule has 0 atom stereocenters. The van der Waals surface area contributed by atoms with Crippen molar-refractivity contribution in [1.29, 1.82) is 0 Å². The average Bonchev–Trinajstić information content (AvgIpc) is 3.26. The molecule has 4 nitrogen and oxygen atoms in total. The number of nitrogens with zero attached hydrogens (tertiary/aromatic N) is 1. The highest BCUT2D eigenvalue weighted by atomic mass is 16.2. The number of nitrogens with one attached hydrogen (secondary N) is 1. The monoisotopic (exact) mass is 302 g/mol. The topological polar surface area (TPSA) is 49.4 Å². The highest BCUT2D eigenvalue weighted by molar-refractivity contribution is 5.92. The first-order chi connectivity index (χ1) is 10.3. The highest BCUT2D eigenvalue weighted by Gasteiger charge is 2.29. The Morgan fingerprint density at radius 1 is 1.23 bits per heavy atom. The van der Waals surface area contributed by atoms with Gasteiger partial charge in [-0.15, -0.1) is 0 Å². The molecule has 120 valence electrons. The van der Waals surface area contributed by atoms with E-state index in [0.29, 0.717) is 13.1 Å². The second-order valence-corrected chi connectivity index (χ2v) is 7.00. The van der Waals surface area contributed by atoms with Crippen LogP contribution < -0.4 is 10.2 Å². The number of hydrogen-bond acceptors (Lipinski definition) is 2. The lowest BCUT2D eigenvalue weighted by atomic mass is 9.85. The summed E-state index contributed by atoms with van der Waals surface area (Å²) in [5, 5.41) is 2.93. The van der Waals surface area contributed by atoms with E-state index in [1.54, 1.807) is 11.8 Å². The van der Waals surface area contributed by atoms with Gasteiger partial charge in [0, 0.05) is 31.6 Å². The van der Waals surface area contributed by atoms with Crippen LogP contribution in [0.5, 0.6) is 0 Å². The average molecular weight is 302 g/mol. The molecule has 0 unspecified atom stereocenters. The normalized spacial score (nSPS) is 14.5. The van der Waals surface area contributed by atoms with Crippen LogP contribution in [0.15, 0.2) is 24.3 Å². The summed E-state index contributed by atoms with van der Waals surface area (Å²) >= 11 is 0. The van der Waals surface area contributed by atoms with Crippen LogP contribution in [0.4, 0.5) is 5.69 Å². The first kappa shape index (κ1) is 16.5. The van der Waals surface area contributed by atoms with Crippen LogP contribution in [0.2, 0.25) is 0 Å². The predicted octanol–water partition coefficient (Wildman–Crippen LogP) is 2.86. The number of anilines is 1. The van der Waals surface area contributed by atoms with Crippen molar-refractivity contribution in [1.82, 2.24) is 5.32 Å². The fourth-order valence-corrected chi connectivity index (χ4v) is 2.57. The summed E-state index contributed by atoms with van der Waals surface area (Å²) in [4.78, 5) is 25.5. The molecule has 2 amide bonds. The molecule has 1 N–H and O–H groups in total. The van der Waals surface area contributed by atoms with Crippen LogP contribution in [-0.4, -0.2) is 24.9 Å². The summed E-state index contributed by atoms with van der Waals surface area (Å²) in [5.74, 6) is 0.317. The molecule has 0 aromatic heterocycles. The first-order valence-electron chi connectivity index (χ1n) is 7.96. The Bertz CT molecular complexity index is 556. The van der Waals surface area contributed by atoms with Crippen molar-refractivity contribution in [3.8, 4) is 0 Å². The molecule has 1 aromatic carbocycles. The Hall–Kier alpha value is -1.84. The third kappa shape index (κ3) is 4.09. The van der Waals surface area contributed by atoms with Gasteiger partial charge in [0.1, 0.15) is 0 Å². The second kappa shape index (κ2) is 6.51. The van der Waals surface area contributed by atoms with Gasteiger partial charge < -0.3 is 10.2 Å². The van der Waals surface area contributed by atoms with E-state index >= 15 is 0 Å². The zero-order valence-electron chi connectivity index (χ0n) is 14.0. The molecule has 4 heteroatoms. The number of carbonyl (C=O) groups is 2. The minimum Gasteiger partial charge on any atom is -0.354 e. The van der Waals surface area contributed by atoms with E-state index in [0.717, 1.165) is 24.1 Å². The van der Waals surface area contributed by atoms with Crippen molar-refractivity contribution in [2.45, 2.75) is 46.0 Å². The Morgan fingerprint density at radius 3 is 2.41 bits per heavy atom. The van der Waals surface area contributed by atoms with Gasteiger partial charge in [-0.05, 0) is 29.9 Å². The van der Waals surface area contributed by atoms with Crippen molar-refractivity contribution in [2.75, 3.05) is 18.0 Å². The Kier molecular flexibility index (Phi) is 4.89. The maximum atomic E-state index is 12.1. The molecular weight excluding hydrogens is 276 g/mol. The van der Waals surface area contributed by atoms with Crippen LogP contribution in [-0.2, 0) is 15.0 Å². The van der Waals surface area contributed by atoms with Crippen LogP contribution in [0.1, 0.15) is 46.1 Å². The molecule has 0 spiro atoms. The van der Waals surface area contributed by atoms with E-state index in [1.165, 1.54) is 0 Å². The zero-order valence-corrected chi connectivity index (χ0v) is 14.0. The third-order valence-electron chi connectivity index (χ3n) is 3.97. The van der Waals surface area contributed by atoms with Gasteiger partial charge >= 0.3 is 0 Å². The van der Waals surface area contributed by atoms with E-state index in [4.69, 9.17) is 0 Å². The fourth-order valence-electron chi connectivity index (χ4n) is 2.57. The molecule has 22 heavy (non-hydrogen) atoms. The zero-order chi connectivity index (χ0) is 16.3. The number of benzene rings is 1. The number of carbonyl (C=O) groups excluding carboxylic acids is 2. The lowest BCUT2D eigenvalue weighted by molar-refractivity contribution is -0.122. The van der Waals surface area contributed by atoms with Crippen molar-refractivity contribution in [3.05, 3.63) is 29.8 Å². The second-order valence-electron chi connectivity index (χ2n) is 7.00. The Labute approximate surface area is 132 Å². The van der Waals surface area contributed by atoms with Gasteiger partial charge in [0.25, 0.3) is 0 Å². The van der Waals surface area contributed by atoms with Crippen LogP contribution in [0, 0.1) is 5.92 Å². The molecule has 1 aliphatic rings. The summed E-state index contributed by atoms with van der Waals surface area (Å²) in [6.45, 7) is 8.98. The van der Waals surface area contributed by atoms with E-state index in [-0.39, 0.29) is 23.1 Å². The summed E-state index contributed by atoms with van der Waals surface area (Å²) in [6.07, 6.45) is 1.99. The van der Waals surface area contributed by atoms with E-state index in [9.17, 15) is 9.59 Å². The van der Waals surface area contributed by atoms with E-state index in [1.807, 2.05) is 18.2 Å². The SMILES string of the molecule is CC(=O)N(CCNC(=O)C1CC1)c1ccccc1C(C)(C)C. The standard InChI is InChI=1S/C18H26N2O2/c1-13(21)20(12-11-19-17(22)14-9-10-14)16-8-6-5-7-15(16)18(2,3)4/h5-8,14H,9-12H2,1-4H3,(H,19,22). The summed E-state index contributed by atoms with van der Waals surface area (Å²) < 4.78 is 0. The van der Waals surface area contributed by atoms with Gasteiger partial charge in [-0.1, -0.05) is 39.0 Å². The molecule has 1 aromatic rings. The summed E-state index contributed by atoms with van der Waals surface area (Å²) in [7, 11) is 0. The van der Waals surface area contributed by atoms with Crippen LogP contribution in [0.25, 0.3) is 0 Å². The molecule has 0 heterocycles.